The third-order valence-corrected chi connectivity index (χ3v) is 3.23. The number of rotatable bonds is 3. The molecule has 1 aliphatic heterocycles. The van der Waals surface area contributed by atoms with Gasteiger partial charge in [-0.3, -0.25) is 0 Å². The fraction of sp³-hybridized carbons (Fsp3) is 0.846. The highest BCUT2D eigenvalue weighted by Crippen LogP contribution is 2.34. The largest absolute Gasteiger partial charge is 0.445 e. The van der Waals surface area contributed by atoms with Crippen LogP contribution in [0.4, 0.5) is 13.6 Å². The molecule has 0 spiro atoms. The first kappa shape index (κ1) is 17.9. The van der Waals surface area contributed by atoms with Gasteiger partial charge in [-0.25, -0.2) is 9.59 Å². The molecule has 21 heavy (non-hydrogen) atoms. The number of hydrogen-bond donors (Lipinski definition) is 0. The van der Waals surface area contributed by atoms with Crippen molar-refractivity contribution in [2.45, 2.75) is 45.1 Å². The molecule has 1 aliphatic rings. The molecule has 8 heteroatoms. The molecule has 1 heterocycles. The van der Waals surface area contributed by atoms with E-state index in [-0.39, 0.29) is 25.9 Å². The second-order valence-electron chi connectivity index (χ2n) is 5.91. The number of halogens is 3. The van der Waals surface area contributed by atoms with Gasteiger partial charge in [0, 0.05) is 19.0 Å². The lowest BCUT2D eigenvalue weighted by Crippen LogP contribution is -2.47. The normalized spacial score (nSPS) is 17.5. The van der Waals surface area contributed by atoms with E-state index in [0.29, 0.717) is 0 Å². The number of carbonyl (C=O) groups is 2. The molecule has 1 saturated heterocycles. The third kappa shape index (κ3) is 4.98. The summed E-state index contributed by atoms with van der Waals surface area (Å²) in [5.74, 6) is -6.37. The zero-order valence-electron chi connectivity index (χ0n) is 12.3. The van der Waals surface area contributed by atoms with Crippen LogP contribution in [0.3, 0.4) is 0 Å². The van der Waals surface area contributed by atoms with E-state index in [1.54, 1.807) is 20.8 Å². The molecule has 0 aromatic rings. The molecule has 5 nitrogen and oxygen atoms in total. The van der Waals surface area contributed by atoms with Crippen LogP contribution in [0.2, 0.25) is 0 Å². The molecule has 0 aliphatic carbocycles. The summed E-state index contributed by atoms with van der Waals surface area (Å²) in [7, 11) is 0. The molecule has 0 bridgehead atoms. The van der Waals surface area contributed by atoms with Crippen LogP contribution >= 0.6 is 11.6 Å². The highest BCUT2D eigenvalue weighted by molar-refractivity contribution is 6.17. The van der Waals surface area contributed by atoms with Gasteiger partial charge in [0.2, 0.25) is 0 Å². The van der Waals surface area contributed by atoms with E-state index in [1.165, 1.54) is 4.90 Å². The SMILES string of the molecule is CC(C)(C)OC(=O)N1CCC(C(F)(F)C(=O)OCCl)CC1. The van der Waals surface area contributed by atoms with Crippen molar-refractivity contribution in [3.8, 4) is 0 Å². The fourth-order valence-electron chi connectivity index (χ4n) is 2.06. The molecule has 0 aromatic heterocycles. The van der Waals surface area contributed by atoms with Gasteiger partial charge in [-0.05, 0) is 33.6 Å². The zero-order valence-corrected chi connectivity index (χ0v) is 13.1. The van der Waals surface area contributed by atoms with Crippen molar-refractivity contribution in [2.24, 2.45) is 5.92 Å². The number of alkyl halides is 3. The van der Waals surface area contributed by atoms with Crippen molar-refractivity contribution in [3.63, 3.8) is 0 Å². The standard InChI is InChI=1S/C13H20ClF2NO4/c1-12(2,3)21-11(19)17-6-4-9(5-7-17)13(15,16)10(18)20-8-14/h9H,4-8H2,1-3H3. The molecule has 0 N–H and O–H groups in total. The average Bonchev–Trinajstić information content (AvgIpc) is 2.37. The molecule has 1 fully saturated rings. The minimum absolute atomic E-state index is 0.00360. The van der Waals surface area contributed by atoms with Gasteiger partial charge >= 0.3 is 18.0 Å². The van der Waals surface area contributed by atoms with Gasteiger partial charge in [-0.2, -0.15) is 8.78 Å². The van der Waals surface area contributed by atoms with Crippen LogP contribution in [0.25, 0.3) is 0 Å². The number of hydrogen-bond acceptors (Lipinski definition) is 4. The second kappa shape index (κ2) is 6.77. The van der Waals surface area contributed by atoms with E-state index in [2.05, 4.69) is 4.74 Å². The van der Waals surface area contributed by atoms with Crippen LogP contribution in [-0.2, 0) is 14.3 Å². The second-order valence-corrected chi connectivity index (χ2v) is 6.12. The third-order valence-electron chi connectivity index (χ3n) is 3.12. The van der Waals surface area contributed by atoms with Crippen LogP contribution < -0.4 is 0 Å². The number of piperidine rings is 1. The first-order chi connectivity index (χ1) is 9.58. The van der Waals surface area contributed by atoms with E-state index in [9.17, 15) is 18.4 Å². The van der Waals surface area contributed by atoms with E-state index in [1.807, 2.05) is 0 Å². The molecule has 0 atom stereocenters. The Bertz CT molecular complexity index is 390. The summed E-state index contributed by atoms with van der Waals surface area (Å²) in [6, 6.07) is -0.606. The molecular formula is C13H20ClF2NO4. The van der Waals surface area contributed by atoms with Gasteiger partial charge in [0.25, 0.3) is 0 Å². The minimum Gasteiger partial charge on any atom is -0.445 e. The van der Waals surface area contributed by atoms with E-state index < -0.39 is 35.6 Å². The first-order valence-electron chi connectivity index (χ1n) is 6.67. The number of nitrogens with zero attached hydrogens (tertiary/aromatic N) is 1. The predicted molar refractivity (Wildman–Crippen MR) is 72.3 cm³/mol. The Kier molecular flexibility index (Phi) is 5.78. The van der Waals surface area contributed by atoms with E-state index in [0.717, 1.165) is 0 Å². The lowest BCUT2D eigenvalue weighted by molar-refractivity contribution is -0.180. The summed E-state index contributed by atoms with van der Waals surface area (Å²) in [5, 5.41) is 0. The molecule has 0 aromatic carbocycles. The molecule has 122 valence electrons. The monoisotopic (exact) mass is 327 g/mol. The van der Waals surface area contributed by atoms with Crippen LogP contribution in [-0.4, -0.2) is 47.6 Å². The lowest BCUT2D eigenvalue weighted by atomic mass is 9.90. The molecule has 0 radical (unpaired) electrons. The fourth-order valence-corrected chi connectivity index (χ4v) is 2.16. The smallest absolute Gasteiger partial charge is 0.410 e. The van der Waals surface area contributed by atoms with Crippen molar-refractivity contribution < 1.29 is 27.8 Å². The Morgan fingerprint density at radius 3 is 2.19 bits per heavy atom. The van der Waals surface area contributed by atoms with Crippen LogP contribution in [0.1, 0.15) is 33.6 Å². The summed E-state index contributed by atoms with van der Waals surface area (Å²) in [6.45, 7) is 5.42. The van der Waals surface area contributed by atoms with Gasteiger partial charge in [0.05, 0.1) is 0 Å². The first-order valence-corrected chi connectivity index (χ1v) is 7.20. The van der Waals surface area contributed by atoms with Crippen molar-refractivity contribution in [3.05, 3.63) is 0 Å². The highest BCUT2D eigenvalue weighted by Gasteiger charge is 2.49. The minimum atomic E-state index is -3.59. The number of esters is 1. The van der Waals surface area contributed by atoms with Gasteiger partial charge < -0.3 is 14.4 Å². The van der Waals surface area contributed by atoms with Crippen molar-refractivity contribution in [1.29, 1.82) is 0 Å². The maximum atomic E-state index is 13.8. The molecule has 1 rings (SSSR count). The number of ether oxygens (including phenoxy) is 2. The Hall–Kier alpha value is -1.11. The molecule has 1 amide bonds. The molecular weight excluding hydrogens is 308 g/mol. The van der Waals surface area contributed by atoms with E-state index >= 15 is 0 Å². The average molecular weight is 328 g/mol. The Morgan fingerprint density at radius 2 is 1.76 bits per heavy atom. The Labute approximate surface area is 127 Å². The summed E-state index contributed by atoms with van der Waals surface area (Å²) < 4.78 is 37.0. The van der Waals surface area contributed by atoms with E-state index in [4.69, 9.17) is 16.3 Å². The van der Waals surface area contributed by atoms with Gasteiger partial charge in [-0.1, -0.05) is 11.6 Å². The van der Waals surface area contributed by atoms with Gasteiger partial charge in [-0.15, -0.1) is 0 Å². The maximum Gasteiger partial charge on any atom is 0.410 e. The molecule has 0 unspecified atom stereocenters. The Balaban J connectivity index is 2.55. The quantitative estimate of drug-likeness (QED) is 0.590. The molecule has 0 saturated carbocycles. The summed E-state index contributed by atoms with van der Waals surface area (Å²) in [4.78, 5) is 24.4. The highest BCUT2D eigenvalue weighted by atomic mass is 35.5. The number of likely N-dealkylation sites (tertiary alicyclic amines) is 1. The summed E-state index contributed by atoms with van der Waals surface area (Å²) in [5.41, 5.74) is -0.637. The number of carbonyl (C=O) groups excluding carboxylic acids is 2. The van der Waals surface area contributed by atoms with Crippen molar-refractivity contribution >= 4 is 23.7 Å². The topological polar surface area (TPSA) is 55.8 Å². The van der Waals surface area contributed by atoms with Crippen LogP contribution in [0, 0.1) is 5.92 Å². The number of amides is 1. The maximum absolute atomic E-state index is 13.8. The zero-order chi connectivity index (χ0) is 16.3. The van der Waals surface area contributed by atoms with Crippen molar-refractivity contribution in [2.75, 3.05) is 19.2 Å². The Morgan fingerprint density at radius 1 is 1.24 bits per heavy atom. The lowest BCUT2D eigenvalue weighted by Gasteiger charge is -2.35. The van der Waals surface area contributed by atoms with Gasteiger partial charge in [0.1, 0.15) is 5.60 Å². The van der Waals surface area contributed by atoms with Crippen LogP contribution in [0.5, 0.6) is 0 Å². The van der Waals surface area contributed by atoms with Crippen LogP contribution in [0.15, 0.2) is 0 Å². The van der Waals surface area contributed by atoms with Gasteiger partial charge in [0.15, 0.2) is 6.07 Å². The summed E-state index contributed by atoms with van der Waals surface area (Å²) in [6.07, 6.45) is -0.527. The predicted octanol–water partition coefficient (Wildman–Crippen LogP) is 3.01. The summed E-state index contributed by atoms with van der Waals surface area (Å²) >= 11 is 5.12. The van der Waals surface area contributed by atoms with Crippen molar-refractivity contribution in [1.82, 2.24) is 4.90 Å².